The molecule has 8 heterocycles. The number of aliphatic hydroxyl groups is 11. The fourth-order valence-corrected chi connectivity index (χ4v) is 15.0. The molecule has 0 saturated carbocycles. The first kappa shape index (κ1) is 68.2. The Morgan fingerprint density at radius 2 is 0.705 bits per heavy atom. The van der Waals surface area contributed by atoms with E-state index in [-0.39, 0.29) is 6.61 Å². The molecule has 4 aromatic carbocycles. The summed E-state index contributed by atoms with van der Waals surface area (Å²) in [5.74, 6) is 3.10. The normalized spacial score (nSPS) is 26.6. The molecule has 5 aliphatic rings. The zero-order valence-corrected chi connectivity index (χ0v) is 53.5. The minimum Gasteiger partial charge on any atom is -0.494 e. The Kier molecular flexibility index (Phi) is 22.4. The second kappa shape index (κ2) is 31.2. The second-order valence-corrected chi connectivity index (χ2v) is 26.8. The molecule has 95 heavy (non-hydrogen) atoms. The van der Waals surface area contributed by atoms with E-state index >= 15 is 0 Å². The molecule has 3 aromatic heterocycles. The van der Waals surface area contributed by atoms with Crippen molar-refractivity contribution in [3.63, 3.8) is 0 Å². The summed E-state index contributed by atoms with van der Waals surface area (Å²) in [7, 11) is 0. The Morgan fingerprint density at radius 1 is 0.368 bits per heavy atom. The fourth-order valence-electron chi connectivity index (χ4n) is 11.9. The lowest BCUT2D eigenvalue weighted by Gasteiger charge is -2.39. The highest BCUT2D eigenvalue weighted by atomic mass is 32.2. The number of aromatic amines is 2. The largest absolute Gasteiger partial charge is 0.494 e. The number of aliphatic hydroxyl groups excluding tert-OH is 11. The van der Waals surface area contributed by atoms with Crippen LogP contribution in [0.1, 0.15) is 35.6 Å². The minimum absolute atomic E-state index is 0.210. The minimum atomic E-state index is -1.62. The number of nitrogens with one attached hydrogen (secondary N) is 2. The summed E-state index contributed by atoms with van der Waals surface area (Å²) in [5.41, 5.74) is 9.81. The third-order valence-corrected chi connectivity index (χ3v) is 20.5. The van der Waals surface area contributed by atoms with Gasteiger partial charge in [0.15, 0.2) is 0 Å². The lowest BCUT2D eigenvalue weighted by Crippen LogP contribution is -2.57. The van der Waals surface area contributed by atoms with Crippen molar-refractivity contribution in [3.8, 4) is 61.8 Å². The number of benzene rings is 4. The summed E-state index contributed by atoms with van der Waals surface area (Å²) < 4.78 is 35.4. The van der Waals surface area contributed by atoms with E-state index in [1.165, 1.54) is 35.3 Å². The van der Waals surface area contributed by atoms with Gasteiger partial charge in [-0.2, -0.15) is 0 Å². The molecule has 15 atom stereocenters. The molecule has 0 aliphatic carbocycles. The van der Waals surface area contributed by atoms with Gasteiger partial charge in [0.05, 0.1) is 55.8 Å². The maximum absolute atomic E-state index is 10.6. The molecule has 3 fully saturated rings. The highest BCUT2D eigenvalue weighted by Crippen LogP contribution is 2.41. The Morgan fingerprint density at radius 3 is 1.07 bits per heavy atom. The van der Waals surface area contributed by atoms with Crippen molar-refractivity contribution < 1.29 is 94.7 Å². The van der Waals surface area contributed by atoms with Crippen LogP contribution in [0, 0.1) is 0 Å². The Balaban J connectivity index is 0.882. The molecule has 0 spiro atoms. The van der Waals surface area contributed by atoms with Gasteiger partial charge >= 0.3 is 0 Å². The first-order valence-corrected chi connectivity index (χ1v) is 34.2. The summed E-state index contributed by atoms with van der Waals surface area (Å²) in [6.07, 6.45) is -7.49. The smallest absolute Gasteiger partial charge is 0.220 e. The molecule has 8 bridgehead atoms. The number of hydrogen-bond donors (Lipinski definition) is 14. The summed E-state index contributed by atoms with van der Waals surface area (Å²) in [6.45, 7) is -0.170. The SMILES string of the molecule is OCC1O[C@@H](SCCOc2ccc(-c3c4nc(c(-c5ccc(OCCCS[C@@H]6O[C@H](OO)[C@H](O)[C@H](O)[C@@H]6O)cc5)c5ccc([nH]5)c(-c5ccccc5)c5nc(c(-c6ccc(OCCCS[C@@H]7O[C@H](CO)[C@H](O)[C@H](O)[C@@H]7O)cc6)c6ccc3[nH]6)C=C5)C=C4)cc2)[C@@H](O)[C@@H](O)[C@H]1O. The Labute approximate surface area is 558 Å². The quantitative estimate of drug-likeness (QED) is 0.0179. The fraction of sp³-hybridized carbons (Fsp3) is 0.362. The van der Waals surface area contributed by atoms with E-state index in [4.69, 9.17) is 43.6 Å². The van der Waals surface area contributed by atoms with Crippen molar-refractivity contribution in [3.05, 3.63) is 150 Å². The van der Waals surface area contributed by atoms with E-state index < -0.39 is 103 Å². The number of aromatic nitrogens is 4. The molecule has 0 amide bonds. The predicted octanol–water partition coefficient (Wildman–Crippen LogP) is 6.29. The second-order valence-electron chi connectivity index (χ2n) is 23.2. The number of H-pyrrole nitrogens is 2. The van der Waals surface area contributed by atoms with Gasteiger partial charge < -0.3 is 94.6 Å². The highest BCUT2D eigenvalue weighted by Gasteiger charge is 2.46. The van der Waals surface area contributed by atoms with E-state index in [1.807, 2.05) is 140 Å². The van der Waals surface area contributed by atoms with Crippen LogP contribution >= 0.6 is 35.3 Å². The van der Waals surface area contributed by atoms with Crippen LogP contribution in [0.15, 0.2) is 127 Å². The number of hydrogen-bond acceptors (Lipinski definition) is 24. The predicted molar refractivity (Wildman–Crippen MR) is 362 cm³/mol. The van der Waals surface area contributed by atoms with Crippen LogP contribution in [-0.4, -0.2) is 221 Å². The van der Waals surface area contributed by atoms with Gasteiger partial charge in [0, 0.05) is 50.1 Å². The molecular weight excluding hydrogens is 1280 g/mol. The zero-order valence-electron chi connectivity index (χ0n) is 51.0. The average molecular weight is 1360 g/mol. The van der Waals surface area contributed by atoms with Crippen LogP contribution in [0.3, 0.4) is 0 Å². The number of ether oxygens (including phenoxy) is 6. The summed E-state index contributed by atoms with van der Waals surface area (Å²) >= 11 is 3.66. The Hall–Kier alpha value is -6.71. The third-order valence-electron chi connectivity index (χ3n) is 16.9. The van der Waals surface area contributed by atoms with Gasteiger partial charge in [-0.15, -0.1) is 35.3 Å². The first-order chi connectivity index (χ1) is 46.2. The number of nitrogens with zero attached hydrogens (tertiary/aromatic N) is 2. The van der Waals surface area contributed by atoms with Crippen LogP contribution in [0.4, 0.5) is 0 Å². The van der Waals surface area contributed by atoms with Crippen molar-refractivity contribution in [1.82, 2.24) is 19.9 Å². The summed E-state index contributed by atoms with van der Waals surface area (Å²) in [6, 6.07) is 41.3. The molecule has 26 heteroatoms. The molecule has 5 aliphatic heterocycles. The van der Waals surface area contributed by atoms with Crippen molar-refractivity contribution in [2.24, 2.45) is 0 Å². The van der Waals surface area contributed by atoms with E-state index in [1.54, 1.807) is 0 Å². The molecule has 14 N–H and O–H groups in total. The van der Waals surface area contributed by atoms with Gasteiger partial charge in [-0.1, -0.05) is 66.7 Å². The maximum atomic E-state index is 10.6. The number of rotatable bonds is 24. The van der Waals surface area contributed by atoms with Crippen LogP contribution in [0.5, 0.6) is 17.2 Å². The van der Waals surface area contributed by atoms with Crippen molar-refractivity contribution in [2.75, 3.05) is 50.3 Å². The lowest BCUT2D eigenvalue weighted by atomic mass is 10.0. The van der Waals surface area contributed by atoms with Gasteiger partial charge in [0.2, 0.25) is 6.29 Å². The van der Waals surface area contributed by atoms with Crippen LogP contribution < -0.4 is 14.2 Å². The van der Waals surface area contributed by atoms with Crippen molar-refractivity contribution in [1.29, 1.82) is 0 Å². The number of thioether (sulfide) groups is 3. The molecule has 23 nitrogen and oxygen atoms in total. The molecule has 0 radical (unpaired) electrons. The zero-order chi connectivity index (χ0) is 66.3. The standard InChI is InChI=1S/C69H74N4O19S3/c74-34-51-57(76)59(78)63(82)67(89-51)93-31-4-28-86-40-14-8-37(9-15-40)54-45-22-20-43(70-45)53(36-6-2-1-3-7-36)44-21-23-46(71-44)55(38-10-16-41(17-11-38)87-29-5-32-94-69-65(84)61(80)62(81)66(91-69)92-85)48-25-27-50(73-48)56(49-26-24-47(54)72-49)39-12-18-42(19-13-39)88-30-33-95-68-64(83)60(79)58(77)52(35-75)90-68/h1-3,6-27,51-52,57-69,71-72,74-85H,4-5,28-35H2/t51-,52?,57+,58+,59+,60+,61+,62-,63+,64+,65+,66-,67+,68+,69+/m1/s1. The van der Waals surface area contributed by atoms with E-state index in [9.17, 15) is 56.2 Å². The molecule has 1 unspecified atom stereocenters. The average Bonchev–Trinajstić information content (AvgIpc) is 1.64. The first-order valence-electron chi connectivity index (χ1n) is 31.1. The summed E-state index contributed by atoms with van der Waals surface area (Å²) in [5, 5.41) is 121. The summed E-state index contributed by atoms with van der Waals surface area (Å²) in [4.78, 5) is 22.6. The third kappa shape index (κ3) is 15.2. The number of fused-ring (bicyclic) bond motifs is 8. The maximum Gasteiger partial charge on any atom is 0.220 e. The van der Waals surface area contributed by atoms with Gasteiger partial charge in [-0.3, -0.25) is 0 Å². The monoisotopic (exact) mass is 1360 g/mol. The van der Waals surface area contributed by atoms with Gasteiger partial charge in [0.25, 0.3) is 0 Å². The van der Waals surface area contributed by atoms with Gasteiger partial charge in [-0.25, -0.2) is 20.1 Å². The van der Waals surface area contributed by atoms with Gasteiger partial charge in [0.1, 0.15) is 101 Å². The van der Waals surface area contributed by atoms with Crippen molar-refractivity contribution in [2.45, 2.75) is 103 Å². The topological polar surface area (TPSA) is 365 Å². The van der Waals surface area contributed by atoms with E-state index in [0.29, 0.717) is 77.6 Å². The van der Waals surface area contributed by atoms with E-state index in [2.05, 4.69) is 27.0 Å². The van der Waals surface area contributed by atoms with E-state index in [0.717, 1.165) is 72.3 Å². The van der Waals surface area contributed by atoms with Crippen molar-refractivity contribution >= 4 is 81.7 Å². The molecule has 12 rings (SSSR count). The lowest BCUT2D eigenvalue weighted by molar-refractivity contribution is -0.394. The van der Waals surface area contributed by atoms with Crippen LogP contribution in [0.25, 0.3) is 90.9 Å². The highest BCUT2D eigenvalue weighted by molar-refractivity contribution is 8.00. The van der Waals surface area contributed by atoms with Crippen LogP contribution in [-0.2, 0) is 19.1 Å². The molecule has 502 valence electrons. The molecule has 7 aromatic rings. The molecular formula is C69H74N4O19S3. The van der Waals surface area contributed by atoms with Crippen LogP contribution in [0.2, 0.25) is 0 Å². The Bertz CT molecular complexity index is 3870. The van der Waals surface area contributed by atoms with Gasteiger partial charge in [-0.05, 0) is 132 Å². The molecule has 3 saturated heterocycles.